The van der Waals surface area contributed by atoms with Crippen LogP contribution in [-0.2, 0) is 96.4 Å². The molecule has 1 aromatic heterocycles. The van der Waals surface area contributed by atoms with E-state index in [2.05, 4.69) is 55.4 Å². The molecular weight excluding hydrogens is 1490 g/mol. The number of nitrogens with one attached hydrogen (secondary N) is 4. The molecule has 1 aliphatic carbocycles. The van der Waals surface area contributed by atoms with E-state index in [0.29, 0.717) is 45.0 Å². The van der Waals surface area contributed by atoms with Crippen LogP contribution in [0.1, 0.15) is 72.0 Å². The van der Waals surface area contributed by atoms with E-state index in [4.69, 9.17) is 84.9 Å². The lowest BCUT2D eigenvalue weighted by Crippen LogP contribution is -2.30. The van der Waals surface area contributed by atoms with E-state index >= 15 is 0 Å². The van der Waals surface area contributed by atoms with E-state index < -0.39 is 140 Å². The van der Waals surface area contributed by atoms with Crippen molar-refractivity contribution >= 4 is 127 Å². The number of nitrogens with two attached hydrogens (primary N) is 2. The number of carboxylic acids is 1. The smallest absolute Gasteiger partial charge is 0.478 e. The third-order valence-electron chi connectivity index (χ3n) is 13.1. The molecule has 2 amide bonds. The van der Waals surface area contributed by atoms with Gasteiger partial charge in [0, 0.05) is 59.1 Å². The molecule has 3 aliphatic rings. The summed E-state index contributed by atoms with van der Waals surface area (Å²) >= 11 is 5.17. The van der Waals surface area contributed by atoms with Crippen LogP contribution in [0.15, 0.2) is 67.7 Å². The largest absolute Gasteiger partial charge is 0.578 e. The topological polar surface area (TPSA) is 568 Å². The number of carboxylic acid groups (broad SMARTS) is 1. The van der Waals surface area contributed by atoms with Gasteiger partial charge in [-0.1, -0.05) is 42.9 Å². The van der Waals surface area contributed by atoms with Crippen LogP contribution in [0.2, 0.25) is 0 Å². The van der Waals surface area contributed by atoms with Crippen molar-refractivity contribution in [3.63, 3.8) is 0 Å². The minimum Gasteiger partial charge on any atom is -0.478 e. The van der Waals surface area contributed by atoms with Gasteiger partial charge in [0.1, 0.15) is 24.1 Å². The highest BCUT2D eigenvalue weighted by molar-refractivity contribution is 8.77. The van der Waals surface area contributed by atoms with Crippen LogP contribution in [0, 0.1) is 17.3 Å². The second-order valence-electron chi connectivity index (χ2n) is 21.0. The van der Waals surface area contributed by atoms with E-state index in [1.807, 2.05) is 0 Å². The molecule has 46 heteroatoms. The summed E-state index contributed by atoms with van der Waals surface area (Å²) in [6.07, 6.45) is 0.569. The van der Waals surface area contributed by atoms with Gasteiger partial charge in [0.05, 0.1) is 87.0 Å². The number of anilines is 2. The zero-order valence-corrected chi connectivity index (χ0v) is 59.4. The molecule has 37 nitrogen and oxygen atoms in total. The average Bonchev–Trinajstić information content (AvgIpc) is 0.863. The van der Waals surface area contributed by atoms with E-state index in [9.17, 15) is 69.1 Å². The number of unbranched alkanes of at least 4 members (excludes halogenated alkanes) is 1. The molecule has 3 aromatic rings. The Morgan fingerprint density at radius 3 is 2.29 bits per heavy atom. The predicted molar refractivity (Wildman–Crippen MR) is 356 cm³/mol. The summed E-state index contributed by atoms with van der Waals surface area (Å²) in [5.41, 5.74) is 11.4. The van der Waals surface area contributed by atoms with Gasteiger partial charge in [0.25, 0.3) is 26.1 Å². The van der Waals surface area contributed by atoms with Gasteiger partial charge in [-0.25, -0.2) is 29.0 Å². The molecule has 1 fully saturated rings. The first kappa shape index (κ1) is 81.7. The lowest BCUT2D eigenvalue weighted by Gasteiger charge is -2.22. The van der Waals surface area contributed by atoms with Crippen molar-refractivity contribution < 1.29 is 130 Å². The molecule has 0 spiro atoms. The molecule has 2 aliphatic heterocycles. The highest BCUT2D eigenvalue weighted by Crippen LogP contribution is 2.69. The number of ether oxygens (including phenoxy) is 6. The molecule has 1 saturated heterocycles. The third kappa shape index (κ3) is 25.4. The second-order valence-corrected chi connectivity index (χ2v) is 34.3. The summed E-state index contributed by atoms with van der Waals surface area (Å²) in [5, 5.41) is 22.6. The minimum atomic E-state index is -5.74. The first-order chi connectivity index (χ1) is 45.9. The number of amides is 2. The van der Waals surface area contributed by atoms with Crippen molar-refractivity contribution in [1.82, 2.24) is 25.7 Å². The van der Waals surface area contributed by atoms with Crippen LogP contribution in [0.5, 0.6) is 0 Å². The summed E-state index contributed by atoms with van der Waals surface area (Å²) in [7, 11) is -24.6. The number of aromatic nitrogens is 2. The van der Waals surface area contributed by atoms with E-state index in [0.717, 1.165) is 28.8 Å². The molecule has 542 valence electrons. The summed E-state index contributed by atoms with van der Waals surface area (Å²) in [6, 6.07) is 7.91. The molecule has 0 saturated carbocycles. The predicted octanol–water partition coefficient (Wildman–Crippen LogP) is 3.21. The maximum Gasteiger partial charge on any atom is 0.578 e. The SMILES string of the molecule is CS(=S)CO[C@H]1CC(n2cc(C#CCNC(=O)OCCCCOCSSC(C)(C)CCONCCOCCOCCNC(=O)c3ccc(C(=O)O)c(-c4c5ccc(=N)c(S(=O)(=O)O)c-5oc5c(S(=O)(=O)O)c(N)ccc45)c3)c(N)nc2=O)O[C@@H]1COP(=O)(O)OP(=O)(O)O[P+](O)(O)O. The molecular formula is C52H70N8O29P3S6+. The van der Waals surface area contributed by atoms with Gasteiger partial charge >= 0.3 is 41.6 Å². The van der Waals surface area contributed by atoms with E-state index in [-0.39, 0.29) is 102 Å². The average molecular weight is 1560 g/mol. The third-order valence-corrected chi connectivity index (χ3v) is 22.5. The molecule has 4 unspecified atom stereocenters. The molecule has 98 heavy (non-hydrogen) atoms. The van der Waals surface area contributed by atoms with Crippen LogP contribution < -0.4 is 38.6 Å². The number of carbonyl (C=O) groups excluding carboxylic acids is 2. The van der Waals surface area contributed by atoms with Crippen molar-refractivity contribution in [1.29, 1.82) is 5.41 Å². The van der Waals surface area contributed by atoms with Gasteiger partial charge in [-0.05, 0) is 103 Å². The standard InChI is InChI=1S/C52H69N8O29P3S6/c1-52(2,95-94-29-81-18-4-5-19-82-51(65)57-15-6-7-32-27-60(50(64)59-47(32)55)41-26-39(83-30-96(3)93)40(86-41)28-85-91(69,70)89-92(71,72)88-90(66,67)68)14-20-84-58-17-22-80-24-23-79-21-16-56-48(61)31-8-9-33(49(62)63)36(25-31)42-34-10-12-37(53)45(97(73,74)75)43(34)87-44-35(42)11-13-38(54)46(44)98(76,77)78/h8-13,25,27,39-41,58,66-68H,4-5,14-24,26,28-30H2,1-3H3,(H11-,53,54,55,56,57,59,61,62,63,64,65,69,70,71,72,73,74,75,76,77,78)/p+1/t39-,40+,41?,96?/m0/s1. The monoisotopic (exact) mass is 1560 g/mol. The number of fused-ring (bicyclic) bond motifs is 2. The maximum absolute atomic E-state index is 13.4. The summed E-state index contributed by atoms with van der Waals surface area (Å²) in [6.45, 7) is 5.07. The number of phosphoric acid groups is 2. The van der Waals surface area contributed by atoms with Crippen LogP contribution >= 0.6 is 45.4 Å². The molecule has 0 bridgehead atoms. The molecule has 0 radical (unpaired) electrons. The summed E-state index contributed by atoms with van der Waals surface area (Å²) in [5.74, 6) is 2.58. The number of nitrogens with zero attached hydrogens (tertiary/aromatic N) is 2. The number of hydrogen-bond acceptors (Lipinski definition) is 32. The van der Waals surface area contributed by atoms with Crippen LogP contribution in [0.4, 0.5) is 16.3 Å². The zero-order chi connectivity index (χ0) is 72.4. The summed E-state index contributed by atoms with van der Waals surface area (Å²) in [4.78, 5) is 105. The van der Waals surface area contributed by atoms with Gasteiger partial charge in [-0.15, -0.1) is 0 Å². The highest BCUT2D eigenvalue weighted by atomic mass is 33.1. The van der Waals surface area contributed by atoms with E-state index in [1.54, 1.807) is 17.0 Å². The fraction of sp³-hybridized carbons (Fsp3) is 0.462. The zero-order valence-electron chi connectivity index (χ0n) is 51.9. The van der Waals surface area contributed by atoms with Gasteiger partial charge in [0.2, 0.25) is 0 Å². The van der Waals surface area contributed by atoms with Crippen molar-refractivity contribution in [2.24, 2.45) is 0 Å². The Morgan fingerprint density at radius 2 is 1.61 bits per heavy atom. The van der Waals surface area contributed by atoms with Crippen LogP contribution in [0.25, 0.3) is 33.4 Å². The maximum atomic E-state index is 13.4. The number of hydroxylamine groups is 1. The Morgan fingerprint density at radius 1 is 0.918 bits per heavy atom. The number of phosphoric ester groups is 1. The normalized spacial score (nSPS) is 16.8. The number of aromatic carboxylic acids is 1. The van der Waals surface area contributed by atoms with Gasteiger partial charge in [-0.3, -0.25) is 33.3 Å². The Labute approximate surface area is 574 Å². The fourth-order valence-electron chi connectivity index (χ4n) is 8.83. The minimum absolute atomic E-state index is 0.00291. The van der Waals surface area contributed by atoms with Crippen molar-refractivity contribution in [3.8, 4) is 34.3 Å². The number of carbonyl (C=O) groups is 3. The fourth-order valence-corrected chi connectivity index (χ4v) is 16.2. The van der Waals surface area contributed by atoms with Crippen LogP contribution in [-0.4, -0.2) is 191 Å². The molecule has 6 rings (SSSR count). The number of hydrogen-bond donors (Lipinski definition) is 14. The van der Waals surface area contributed by atoms with Crippen molar-refractivity contribution in [2.45, 2.75) is 72.5 Å². The van der Waals surface area contributed by atoms with Crippen LogP contribution in [0.3, 0.4) is 0 Å². The van der Waals surface area contributed by atoms with Gasteiger partial charge in [0.15, 0.2) is 21.1 Å². The Hall–Kier alpha value is -5.24. The van der Waals surface area contributed by atoms with Crippen molar-refractivity contribution in [3.05, 3.63) is 81.2 Å². The molecule has 2 aromatic carbocycles. The van der Waals surface area contributed by atoms with Gasteiger partial charge in [-0.2, -0.15) is 40.8 Å². The first-order valence-corrected chi connectivity index (χ1v) is 40.9. The van der Waals surface area contributed by atoms with E-state index in [1.165, 1.54) is 35.2 Å². The lowest BCUT2D eigenvalue weighted by molar-refractivity contribution is -0.0544. The lowest BCUT2D eigenvalue weighted by atomic mass is 9.89. The number of alkyl carbamates (subject to hydrolysis) is 1. The van der Waals surface area contributed by atoms with Crippen molar-refractivity contribution in [2.75, 3.05) is 102 Å². The number of rotatable bonds is 39. The molecule has 6 atom stereocenters. The first-order valence-electron chi connectivity index (χ1n) is 28.4. The van der Waals surface area contributed by atoms with Gasteiger partial charge < -0.3 is 69.8 Å². The number of nitrogen functional groups attached to an aromatic ring is 2. The summed E-state index contributed by atoms with van der Waals surface area (Å²) < 4.78 is 147. The Kier molecular flexibility index (Phi) is 30.5. The highest BCUT2D eigenvalue weighted by Gasteiger charge is 2.50. The Bertz CT molecular complexity index is 4190. The quantitative estimate of drug-likeness (QED) is 0.00309. The second kappa shape index (κ2) is 36.6. The number of benzene rings is 3. The Balaban J connectivity index is 0.810. The molecule has 16 N–H and O–H groups in total. The molecule has 3 heterocycles.